The summed E-state index contributed by atoms with van der Waals surface area (Å²) >= 11 is 11.9. The van der Waals surface area contributed by atoms with Gasteiger partial charge in [-0.2, -0.15) is 0 Å². The Kier molecular flexibility index (Phi) is 6.35. The lowest BCUT2D eigenvalue weighted by Gasteiger charge is -2.10. The van der Waals surface area contributed by atoms with Gasteiger partial charge in [0, 0.05) is 16.7 Å². The highest BCUT2D eigenvalue weighted by Crippen LogP contribution is 2.30. The molecule has 1 aromatic heterocycles. The fourth-order valence-electron chi connectivity index (χ4n) is 3.12. The lowest BCUT2D eigenvalue weighted by atomic mass is 10.0. The number of rotatable bonds is 6. The molecule has 0 unspecified atom stereocenters. The Morgan fingerprint density at radius 1 is 0.969 bits per heavy atom. The molecule has 4 rings (SSSR count). The van der Waals surface area contributed by atoms with Crippen molar-refractivity contribution >= 4 is 40.1 Å². The molecular weight excluding hydrogens is 455 g/mol. The lowest BCUT2D eigenvalue weighted by molar-refractivity contribution is -0.136. The zero-order valence-electron chi connectivity index (χ0n) is 16.8. The Labute approximate surface area is 192 Å². The van der Waals surface area contributed by atoms with Crippen molar-refractivity contribution in [3.63, 3.8) is 0 Å². The average Bonchev–Trinajstić information content (AvgIpc) is 2.79. The van der Waals surface area contributed by atoms with E-state index in [1.54, 1.807) is 30.3 Å². The Morgan fingerprint density at radius 2 is 1.78 bits per heavy atom. The molecule has 162 valence electrons. The zero-order valence-corrected chi connectivity index (χ0v) is 18.3. The molecule has 0 bridgehead atoms. The largest absolute Gasteiger partial charge is 0.496 e. The number of ether oxygens (including phenoxy) is 3. The smallest absolute Gasteiger partial charge is 0.349 e. The average molecular weight is 471 g/mol. The molecule has 0 N–H and O–H groups in total. The first-order valence-electron chi connectivity index (χ1n) is 9.44. The lowest BCUT2D eigenvalue weighted by Crippen LogP contribution is -2.17. The standard InChI is InChI=1S/C24H16Cl2O6/c1-29-20-5-3-2-4-16(20)18-12-30-22-11-15(7-8-17(22)24(18)28)32-23(27)13-31-21-9-6-14(25)10-19(21)26/h2-12H,13H2,1H3. The third kappa shape index (κ3) is 4.56. The maximum atomic E-state index is 13.0. The number of esters is 1. The molecule has 8 heteroatoms. The maximum absolute atomic E-state index is 13.0. The van der Waals surface area contributed by atoms with Gasteiger partial charge in [0.05, 0.1) is 23.1 Å². The molecule has 0 spiro atoms. The van der Waals surface area contributed by atoms with E-state index in [0.717, 1.165) is 0 Å². The van der Waals surface area contributed by atoms with E-state index in [1.165, 1.54) is 31.6 Å². The summed E-state index contributed by atoms with van der Waals surface area (Å²) in [5.74, 6) is 0.428. The van der Waals surface area contributed by atoms with E-state index in [1.807, 2.05) is 12.1 Å². The monoisotopic (exact) mass is 470 g/mol. The highest BCUT2D eigenvalue weighted by atomic mass is 35.5. The minimum atomic E-state index is -0.650. The summed E-state index contributed by atoms with van der Waals surface area (Å²) in [6.45, 7) is -0.365. The van der Waals surface area contributed by atoms with Crippen LogP contribution in [0.5, 0.6) is 17.2 Å². The van der Waals surface area contributed by atoms with Gasteiger partial charge >= 0.3 is 5.97 Å². The molecule has 32 heavy (non-hydrogen) atoms. The molecule has 0 fully saturated rings. The highest BCUT2D eigenvalue weighted by molar-refractivity contribution is 6.35. The van der Waals surface area contributed by atoms with Crippen LogP contribution in [0, 0.1) is 0 Å². The third-order valence-electron chi connectivity index (χ3n) is 4.61. The molecule has 0 saturated carbocycles. The van der Waals surface area contributed by atoms with Crippen LogP contribution in [0.2, 0.25) is 10.0 Å². The summed E-state index contributed by atoms with van der Waals surface area (Å²) in [6, 6.07) is 16.4. The van der Waals surface area contributed by atoms with E-state index in [4.69, 9.17) is 41.8 Å². The quantitative estimate of drug-likeness (QED) is 0.263. The van der Waals surface area contributed by atoms with Crippen LogP contribution in [0.3, 0.4) is 0 Å². The van der Waals surface area contributed by atoms with Gasteiger partial charge < -0.3 is 18.6 Å². The van der Waals surface area contributed by atoms with E-state index in [0.29, 0.717) is 33.0 Å². The number of para-hydroxylation sites is 1. The molecule has 0 aliphatic heterocycles. The van der Waals surface area contributed by atoms with Crippen LogP contribution in [0.15, 0.2) is 76.1 Å². The van der Waals surface area contributed by atoms with E-state index < -0.39 is 5.97 Å². The summed E-state index contributed by atoms with van der Waals surface area (Å²) < 4.78 is 21.6. The van der Waals surface area contributed by atoms with E-state index >= 15 is 0 Å². The van der Waals surface area contributed by atoms with Crippen LogP contribution in [0.25, 0.3) is 22.1 Å². The molecule has 0 saturated heterocycles. The van der Waals surface area contributed by atoms with Crippen molar-refractivity contribution in [3.05, 3.63) is 87.2 Å². The fourth-order valence-corrected chi connectivity index (χ4v) is 3.58. The summed E-state index contributed by atoms with van der Waals surface area (Å²) in [6.07, 6.45) is 1.36. The van der Waals surface area contributed by atoms with Crippen molar-refractivity contribution in [1.29, 1.82) is 0 Å². The van der Waals surface area contributed by atoms with Gasteiger partial charge in [-0.05, 0) is 36.4 Å². The molecule has 0 atom stereocenters. The number of carbonyl (C=O) groups excluding carboxylic acids is 1. The number of hydrogen-bond acceptors (Lipinski definition) is 6. The van der Waals surface area contributed by atoms with Gasteiger partial charge in [-0.3, -0.25) is 4.79 Å². The molecule has 0 aliphatic carbocycles. The maximum Gasteiger partial charge on any atom is 0.349 e. The topological polar surface area (TPSA) is 75.0 Å². The molecule has 1 heterocycles. The molecular formula is C24H16Cl2O6. The van der Waals surface area contributed by atoms with Crippen molar-refractivity contribution in [3.8, 4) is 28.4 Å². The minimum Gasteiger partial charge on any atom is -0.496 e. The number of benzene rings is 3. The molecule has 0 amide bonds. The number of fused-ring (bicyclic) bond motifs is 1. The molecule has 0 radical (unpaired) electrons. The van der Waals surface area contributed by atoms with Gasteiger partial charge in [0.1, 0.15) is 29.1 Å². The van der Waals surface area contributed by atoms with E-state index in [-0.39, 0.29) is 28.4 Å². The van der Waals surface area contributed by atoms with Gasteiger partial charge in [0.2, 0.25) is 5.43 Å². The molecule has 3 aromatic carbocycles. The summed E-state index contributed by atoms with van der Waals surface area (Å²) in [5, 5.41) is 1.08. The van der Waals surface area contributed by atoms with Gasteiger partial charge in [0.15, 0.2) is 6.61 Å². The Bertz CT molecular complexity index is 1360. The van der Waals surface area contributed by atoms with Crippen LogP contribution >= 0.6 is 23.2 Å². The number of halogens is 2. The Morgan fingerprint density at radius 3 is 2.56 bits per heavy atom. The van der Waals surface area contributed by atoms with Gasteiger partial charge in [-0.15, -0.1) is 0 Å². The predicted octanol–water partition coefficient (Wildman–Crippen LogP) is 5.76. The second kappa shape index (κ2) is 9.34. The fraction of sp³-hybridized carbons (Fsp3) is 0.0833. The zero-order chi connectivity index (χ0) is 22.7. The van der Waals surface area contributed by atoms with Gasteiger partial charge in [-0.25, -0.2) is 4.79 Å². The van der Waals surface area contributed by atoms with Crippen molar-refractivity contribution in [2.45, 2.75) is 0 Å². The first-order valence-corrected chi connectivity index (χ1v) is 10.2. The van der Waals surface area contributed by atoms with Crippen LogP contribution in [-0.2, 0) is 4.79 Å². The summed E-state index contributed by atoms with van der Waals surface area (Å²) in [7, 11) is 1.53. The predicted molar refractivity (Wildman–Crippen MR) is 122 cm³/mol. The van der Waals surface area contributed by atoms with Crippen LogP contribution in [0.1, 0.15) is 0 Å². The van der Waals surface area contributed by atoms with Crippen molar-refractivity contribution in [1.82, 2.24) is 0 Å². The third-order valence-corrected chi connectivity index (χ3v) is 5.14. The van der Waals surface area contributed by atoms with Crippen molar-refractivity contribution in [2.24, 2.45) is 0 Å². The number of methoxy groups -OCH3 is 1. The van der Waals surface area contributed by atoms with Gasteiger partial charge in [0.25, 0.3) is 0 Å². The molecule has 4 aromatic rings. The van der Waals surface area contributed by atoms with E-state index in [9.17, 15) is 9.59 Å². The highest BCUT2D eigenvalue weighted by Gasteiger charge is 2.15. The van der Waals surface area contributed by atoms with E-state index in [2.05, 4.69) is 0 Å². The Balaban J connectivity index is 1.52. The first-order chi connectivity index (χ1) is 15.5. The second-order valence-electron chi connectivity index (χ2n) is 6.67. The van der Waals surface area contributed by atoms with Crippen LogP contribution < -0.4 is 19.6 Å². The SMILES string of the molecule is COc1ccccc1-c1coc2cc(OC(=O)COc3ccc(Cl)cc3Cl)ccc2c1=O. The molecule has 0 aliphatic rings. The van der Waals surface area contributed by atoms with Crippen LogP contribution in [-0.4, -0.2) is 19.7 Å². The minimum absolute atomic E-state index is 0.210. The number of hydrogen-bond donors (Lipinski definition) is 0. The summed E-state index contributed by atoms with van der Waals surface area (Å²) in [5.41, 5.74) is 1.04. The normalized spacial score (nSPS) is 10.7. The number of carbonyl (C=O) groups is 1. The van der Waals surface area contributed by atoms with Crippen molar-refractivity contribution < 1.29 is 23.4 Å². The van der Waals surface area contributed by atoms with Crippen LogP contribution in [0.4, 0.5) is 0 Å². The summed E-state index contributed by atoms with van der Waals surface area (Å²) in [4.78, 5) is 25.1. The Hall–Kier alpha value is -3.48. The van der Waals surface area contributed by atoms with Crippen molar-refractivity contribution in [2.75, 3.05) is 13.7 Å². The second-order valence-corrected chi connectivity index (χ2v) is 7.52. The molecule has 6 nitrogen and oxygen atoms in total. The first kappa shape index (κ1) is 21.7. The van der Waals surface area contributed by atoms with Gasteiger partial charge in [-0.1, -0.05) is 41.4 Å².